The lowest BCUT2D eigenvalue weighted by Crippen LogP contribution is -2.63. The zero-order valence-corrected chi connectivity index (χ0v) is 44.6. The van der Waals surface area contributed by atoms with Crippen LogP contribution in [0.5, 0.6) is 0 Å². The Balaban J connectivity index is 1.17. The number of likely N-dealkylation sites (tertiary alicyclic amines) is 1. The minimum absolute atomic E-state index is 0.0573. The molecule has 2 aromatic carbocycles. The molecule has 18 nitrogen and oxygen atoms in total. The number of aliphatic hydroxyl groups is 1. The monoisotopic (exact) mass is 1150 g/mol. The normalized spacial score (nSPS) is 17.2. The maximum Gasteiger partial charge on any atom is 0.407 e. The number of hydrazine groups is 1. The van der Waals surface area contributed by atoms with Gasteiger partial charge in [-0.2, -0.15) is 40.2 Å². The van der Waals surface area contributed by atoms with Crippen LogP contribution in [0.15, 0.2) is 67.1 Å². The lowest BCUT2D eigenvalue weighted by Gasteiger charge is -2.46. The number of anilines is 1. The number of hydrogen-bond donors (Lipinski definition) is 6. The van der Waals surface area contributed by atoms with Crippen LogP contribution in [0.3, 0.4) is 0 Å². The van der Waals surface area contributed by atoms with Crippen LogP contribution in [-0.2, 0) is 36.7 Å². The zero-order chi connectivity index (χ0) is 59.8. The molecule has 0 spiro atoms. The predicted octanol–water partition coefficient (Wildman–Crippen LogP) is 6.57. The SMILES string of the molecule is COC(=O)N[C@H](C(=O)NNC[C@H](O)[C@H](Cc1ccc(C#Cc2ccc(N3CC4CC(CN(C(C)=O)C4)C3)nc2)cc1)NC(=O)[C@@H](NC(=O)OCCc1c(F)cc(-c2cnn(C(F)F)c2)cc1F)C(C)(C)C(F)(F)F)C(C)(C)C(F)(F)F. The van der Waals surface area contributed by atoms with Gasteiger partial charge in [0.15, 0.2) is 0 Å². The van der Waals surface area contributed by atoms with Crippen molar-refractivity contribution >= 4 is 35.7 Å². The fraction of sp³-hybridized carbons (Fsp3) is 0.491. The molecular formula is C53H60F10N10O8. The number of rotatable bonds is 19. The van der Waals surface area contributed by atoms with Crippen molar-refractivity contribution in [1.82, 2.24) is 46.5 Å². The number of nitrogens with one attached hydrogen (secondary N) is 5. The van der Waals surface area contributed by atoms with Gasteiger partial charge in [0.25, 0.3) is 5.91 Å². The van der Waals surface area contributed by atoms with Gasteiger partial charge >= 0.3 is 31.1 Å². The van der Waals surface area contributed by atoms with E-state index in [0.717, 1.165) is 57.0 Å². The first-order valence-corrected chi connectivity index (χ1v) is 25.2. The number of halogens is 10. The molecule has 6 N–H and O–H groups in total. The molecule has 0 saturated carbocycles. The number of alkyl carbamates (subject to hydrolysis) is 2. The molecule has 2 aliphatic rings. The highest BCUT2D eigenvalue weighted by Gasteiger charge is 2.57. The van der Waals surface area contributed by atoms with Gasteiger partial charge in [0, 0.05) is 80.7 Å². The highest BCUT2D eigenvalue weighted by molar-refractivity contribution is 5.87. The van der Waals surface area contributed by atoms with E-state index in [1.807, 2.05) is 21.7 Å². The predicted molar refractivity (Wildman–Crippen MR) is 270 cm³/mol. The second kappa shape index (κ2) is 25.8. The fourth-order valence-electron chi connectivity index (χ4n) is 9.16. The van der Waals surface area contributed by atoms with E-state index in [1.54, 1.807) is 36.6 Å². The molecule has 6 atom stereocenters. The van der Waals surface area contributed by atoms with Crippen LogP contribution < -0.4 is 31.7 Å². The first-order valence-electron chi connectivity index (χ1n) is 25.2. The van der Waals surface area contributed by atoms with E-state index in [2.05, 4.69) is 42.3 Å². The second-order valence-electron chi connectivity index (χ2n) is 20.8. The lowest BCUT2D eigenvalue weighted by atomic mass is 9.82. The molecule has 4 heterocycles. The number of nitrogens with zero attached hydrogens (tertiary/aromatic N) is 5. The molecule has 440 valence electrons. The zero-order valence-electron chi connectivity index (χ0n) is 44.6. The van der Waals surface area contributed by atoms with E-state index < -0.39 is 115 Å². The van der Waals surface area contributed by atoms with Gasteiger partial charge in [-0.3, -0.25) is 19.8 Å². The van der Waals surface area contributed by atoms with Crippen molar-refractivity contribution in [3.63, 3.8) is 0 Å². The van der Waals surface area contributed by atoms with Gasteiger partial charge in [0.05, 0.1) is 42.9 Å². The van der Waals surface area contributed by atoms with Crippen molar-refractivity contribution in [2.45, 2.75) is 97.0 Å². The third-order valence-electron chi connectivity index (χ3n) is 14.2. The summed E-state index contributed by atoms with van der Waals surface area (Å²) in [6.07, 6.45) is -11.9. The Bertz CT molecular complexity index is 2910. The van der Waals surface area contributed by atoms with Crippen LogP contribution in [0.2, 0.25) is 0 Å². The molecule has 2 aliphatic heterocycles. The fourth-order valence-corrected chi connectivity index (χ4v) is 9.16. The number of carbonyl (C=O) groups excluding carboxylic acids is 5. The number of piperidine rings is 2. The number of pyridine rings is 1. The van der Waals surface area contributed by atoms with Gasteiger partial charge in [-0.1, -0.05) is 24.0 Å². The van der Waals surface area contributed by atoms with Crippen LogP contribution in [0.1, 0.15) is 69.8 Å². The molecular weight excluding hydrogens is 1090 g/mol. The van der Waals surface area contributed by atoms with Crippen LogP contribution in [0.25, 0.3) is 11.1 Å². The van der Waals surface area contributed by atoms with Gasteiger partial charge in [-0.05, 0) is 99.9 Å². The molecule has 81 heavy (non-hydrogen) atoms. The van der Waals surface area contributed by atoms with Crippen LogP contribution in [0.4, 0.5) is 59.3 Å². The quantitative estimate of drug-likeness (QED) is 0.0334. The number of methoxy groups -OCH3 is 1. The molecule has 0 radical (unpaired) electrons. The summed E-state index contributed by atoms with van der Waals surface area (Å²) in [5.41, 5.74) is -1.35. The topological polar surface area (TPSA) is 221 Å². The van der Waals surface area contributed by atoms with Crippen LogP contribution >= 0.6 is 0 Å². The van der Waals surface area contributed by atoms with Crippen molar-refractivity contribution in [3.8, 4) is 23.0 Å². The van der Waals surface area contributed by atoms with Gasteiger partial charge in [-0.15, -0.1) is 0 Å². The number of ether oxygens (including phenoxy) is 2. The minimum Gasteiger partial charge on any atom is -0.453 e. The Morgan fingerprint density at radius 3 is 1.86 bits per heavy atom. The minimum atomic E-state index is -5.23. The molecule has 2 saturated heterocycles. The van der Waals surface area contributed by atoms with Crippen LogP contribution in [-0.4, -0.2) is 138 Å². The van der Waals surface area contributed by atoms with E-state index >= 15 is 8.78 Å². The van der Waals surface area contributed by atoms with Crippen molar-refractivity contribution < 1.29 is 82.5 Å². The molecule has 2 bridgehead atoms. The lowest BCUT2D eigenvalue weighted by molar-refractivity contribution is -0.221. The van der Waals surface area contributed by atoms with E-state index in [0.29, 0.717) is 69.3 Å². The first-order chi connectivity index (χ1) is 37.9. The number of amides is 5. The summed E-state index contributed by atoms with van der Waals surface area (Å²) in [6, 6.07) is 4.92. The number of hydrogen-bond acceptors (Lipinski definition) is 12. The van der Waals surface area contributed by atoms with E-state index in [4.69, 9.17) is 4.74 Å². The van der Waals surface area contributed by atoms with Crippen molar-refractivity contribution in [2.24, 2.45) is 22.7 Å². The van der Waals surface area contributed by atoms with E-state index in [1.165, 1.54) is 12.1 Å². The first kappa shape index (κ1) is 62.5. The van der Waals surface area contributed by atoms with Crippen molar-refractivity contribution in [3.05, 3.63) is 101 Å². The Kier molecular flexibility index (Phi) is 19.9. The number of benzene rings is 2. The van der Waals surface area contributed by atoms with Crippen molar-refractivity contribution in [2.75, 3.05) is 51.3 Å². The number of aliphatic hydroxyl groups excluding tert-OH is 1. The van der Waals surface area contributed by atoms with Gasteiger partial charge < -0.3 is 40.3 Å². The molecule has 0 aliphatic carbocycles. The third kappa shape index (κ3) is 15.8. The summed E-state index contributed by atoms with van der Waals surface area (Å²) in [5, 5.41) is 20.8. The van der Waals surface area contributed by atoms with Crippen molar-refractivity contribution in [1.29, 1.82) is 0 Å². The smallest absolute Gasteiger partial charge is 0.407 e. The highest BCUT2D eigenvalue weighted by Crippen LogP contribution is 2.42. The second-order valence-corrected chi connectivity index (χ2v) is 20.8. The Hall–Kier alpha value is -7.67. The maximum atomic E-state index is 15.1. The Morgan fingerprint density at radius 1 is 0.765 bits per heavy atom. The molecule has 4 aromatic rings. The van der Waals surface area contributed by atoms with E-state index in [9.17, 15) is 64.2 Å². The molecule has 2 aromatic heterocycles. The molecule has 2 unspecified atom stereocenters. The number of carbonyl (C=O) groups is 5. The summed E-state index contributed by atoms with van der Waals surface area (Å²) in [5.74, 6) is 2.07. The Morgan fingerprint density at radius 2 is 1.33 bits per heavy atom. The summed E-state index contributed by atoms with van der Waals surface area (Å²) in [7, 11) is 0.840. The highest BCUT2D eigenvalue weighted by atomic mass is 19.4. The average molecular weight is 1160 g/mol. The largest absolute Gasteiger partial charge is 0.453 e. The summed E-state index contributed by atoms with van der Waals surface area (Å²) >= 11 is 0. The maximum absolute atomic E-state index is 15.1. The molecule has 5 amide bonds. The van der Waals surface area contributed by atoms with Gasteiger partial charge in [0.2, 0.25) is 11.8 Å². The molecule has 2 fully saturated rings. The number of aromatic nitrogens is 3. The number of fused-ring (bicyclic) bond motifs is 2. The van der Waals surface area contributed by atoms with E-state index in [-0.39, 0.29) is 28.1 Å². The van der Waals surface area contributed by atoms with Gasteiger partial charge in [0.1, 0.15) is 29.5 Å². The molecule has 28 heteroatoms. The third-order valence-corrected chi connectivity index (χ3v) is 14.2. The number of alkyl halides is 8. The summed E-state index contributed by atoms with van der Waals surface area (Å²) in [4.78, 5) is 73.0. The van der Waals surface area contributed by atoms with Crippen LogP contribution in [0, 0.1) is 46.1 Å². The summed E-state index contributed by atoms with van der Waals surface area (Å²) < 4.78 is 152. The average Bonchev–Trinajstić information content (AvgIpc) is 3.97. The van der Waals surface area contributed by atoms with Gasteiger partial charge in [-0.25, -0.2) is 33.5 Å². The summed E-state index contributed by atoms with van der Waals surface area (Å²) in [6.45, 7) is 2.11. The standard InChI is InChI=1S/C53H60F10N10O8/c1-29(74)71-24-33-17-34(25-71)27-72(26-33)42-14-13-32(21-64-42)12-9-30-7-10-31(11-8-30)18-40(41(75)23-65-70-46(77)44(68-48(78)80-6)51(4,5)53(61,62)63)67-45(76)43(50(2,3)52(58,59)60)69-49(79)81-16-15-37-38(54)19-35(20-39(37)55)36-22-66-73(28-36)47(56)57/h7-8,10-11,13-14,19-22,28,33-34,40-41,43-44,47,65,75H,15-18,23-27H2,1-6H3,(H,67,76)(H,68,78)(H,69,79)(H,70,77)/t33?,34?,40-,41-,43+,44+/m0/s1. The molecule has 6 rings (SSSR count). The Labute approximate surface area is 458 Å².